The molecule has 4 rings (SSSR count). The lowest BCUT2D eigenvalue weighted by atomic mass is 10.1. The van der Waals surface area contributed by atoms with Crippen molar-refractivity contribution in [3.8, 4) is 0 Å². The summed E-state index contributed by atoms with van der Waals surface area (Å²) in [5, 5.41) is 0.780. The first-order valence-corrected chi connectivity index (χ1v) is 10.9. The second-order valence-electron chi connectivity index (χ2n) is 7.65. The van der Waals surface area contributed by atoms with Crippen LogP contribution in [0.2, 0.25) is 0 Å². The zero-order chi connectivity index (χ0) is 22.0. The lowest BCUT2D eigenvalue weighted by Crippen LogP contribution is -2.30. The molecule has 1 saturated heterocycles. The zero-order valence-corrected chi connectivity index (χ0v) is 18.3. The molecular weight excluding hydrogens is 415 g/mol. The number of urea groups is 1. The van der Waals surface area contributed by atoms with Crippen LogP contribution < -0.4 is 4.90 Å². The number of carbonyl (C=O) groups is 2. The van der Waals surface area contributed by atoms with E-state index >= 15 is 0 Å². The van der Waals surface area contributed by atoms with Gasteiger partial charge in [0.1, 0.15) is 5.82 Å². The summed E-state index contributed by atoms with van der Waals surface area (Å²) in [5.41, 5.74) is 3.40. The van der Waals surface area contributed by atoms with Crippen LogP contribution in [0.5, 0.6) is 0 Å². The van der Waals surface area contributed by atoms with Gasteiger partial charge < -0.3 is 4.90 Å². The van der Waals surface area contributed by atoms with E-state index in [0.29, 0.717) is 37.4 Å². The Morgan fingerprint density at radius 3 is 2.61 bits per heavy atom. The van der Waals surface area contributed by atoms with Crippen LogP contribution in [0.15, 0.2) is 42.7 Å². The average molecular weight is 439 g/mol. The normalized spacial score (nSPS) is 13.8. The summed E-state index contributed by atoms with van der Waals surface area (Å²) in [7, 11) is 0. The molecule has 1 fully saturated rings. The highest BCUT2D eigenvalue weighted by Gasteiger charge is 2.31. The van der Waals surface area contributed by atoms with Crippen LogP contribution in [-0.4, -0.2) is 39.8 Å². The van der Waals surface area contributed by atoms with E-state index in [-0.39, 0.29) is 17.6 Å². The molecule has 0 aliphatic carbocycles. The lowest BCUT2D eigenvalue weighted by Gasteiger charge is -2.17. The third-order valence-corrected chi connectivity index (χ3v) is 6.55. The number of halogens is 1. The van der Waals surface area contributed by atoms with Gasteiger partial charge in [0.2, 0.25) is 0 Å². The van der Waals surface area contributed by atoms with Gasteiger partial charge in [0, 0.05) is 38.4 Å². The number of amides is 2. The summed E-state index contributed by atoms with van der Waals surface area (Å²) >= 11 is 1.36. The third kappa shape index (κ3) is 4.80. The van der Waals surface area contributed by atoms with Crippen molar-refractivity contribution in [2.45, 2.75) is 33.2 Å². The number of rotatable bonds is 7. The van der Waals surface area contributed by atoms with Gasteiger partial charge >= 0.3 is 6.03 Å². The number of anilines is 1. The largest absolute Gasteiger partial charge is 0.325 e. The van der Waals surface area contributed by atoms with Crippen LogP contribution >= 0.6 is 11.3 Å². The van der Waals surface area contributed by atoms with Crippen molar-refractivity contribution >= 4 is 28.2 Å². The fourth-order valence-electron chi connectivity index (χ4n) is 3.52. The second kappa shape index (κ2) is 8.93. The Morgan fingerprint density at radius 2 is 1.90 bits per heavy atom. The van der Waals surface area contributed by atoms with Gasteiger partial charge in [-0.25, -0.2) is 9.18 Å². The second-order valence-corrected chi connectivity index (χ2v) is 8.68. The number of benzene rings is 1. The molecule has 2 amide bonds. The molecular formula is C23H23FN4O2S. The summed E-state index contributed by atoms with van der Waals surface area (Å²) in [6.45, 7) is 5.35. The molecule has 0 unspecified atom stereocenters. The van der Waals surface area contributed by atoms with E-state index in [2.05, 4.69) is 9.97 Å². The number of hydrogen-bond donors (Lipinski definition) is 0. The smallest absolute Gasteiger partial charge is 0.318 e. The highest BCUT2D eigenvalue weighted by molar-refractivity contribution is 7.18. The molecule has 0 atom stereocenters. The van der Waals surface area contributed by atoms with Gasteiger partial charge in [-0.3, -0.25) is 19.7 Å². The average Bonchev–Trinajstić information content (AvgIpc) is 3.31. The van der Waals surface area contributed by atoms with Gasteiger partial charge in [-0.2, -0.15) is 0 Å². The number of Topliss-reactive ketones (excluding diaryl/α,β-unsaturated/α-hetero) is 1. The summed E-state index contributed by atoms with van der Waals surface area (Å²) in [4.78, 5) is 38.3. The Morgan fingerprint density at radius 1 is 1.13 bits per heavy atom. The molecule has 0 bridgehead atoms. The van der Waals surface area contributed by atoms with E-state index in [1.807, 2.05) is 19.9 Å². The van der Waals surface area contributed by atoms with E-state index in [1.165, 1.54) is 23.5 Å². The number of aromatic nitrogens is 2. The molecule has 0 saturated carbocycles. The Bertz CT molecular complexity index is 1100. The first-order chi connectivity index (χ1) is 14.9. The fourth-order valence-corrected chi connectivity index (χ4v) is 4.68. The summed E-state index contributed by atoms with van der Waals surface area (Å²) in [6.07, 6.45) is 4.29. The fraction of sp³-hybridized carbons (Fsp3) is 0.304. The maximum Gasteiger partial charge on any atom is 0.325 e. The Hall–Kier alpha value is -3.13. The Kier molecular flexibility index (Phi) is 6.08. The van der Waals surface area contributed by atoms with Crippen molar-refractivity contribution in [1.82, 2.24) is 14.9 Å². The van der Waals surface area contributed by atoms with E-state index in [1.54, 1.807) is 34.3 Å². The molecule has 8 heteroatoms. The zero-order valence-electron chi connectivity index (χ0n) is 17.5. The van der Waals surface area contributed by atoms with Crippen molar-refractivity contribution in [2.24, 2.45) is 0 Å². The van der Waals surface area contributed by atoms with Crippen LogP contribution in [0.25, 0.3) is 0 Å². The molecule has 0 radical (unpaired) electrons. The topological polar surface area (TPSA) is 66.4 Å². The van der Waals surface area contributed by atoms with Crippen molar-refractivity contribution in [2.75, 3.05) is 18.0 Å². The summed E-state index contributed by atoms with van der Waals surface area (Å²) < 4.78 is 13.1. The van der Waals surface area contributed by atoms with Crippen molar-refractivity contribution in [3.63, 3.8) is 0 Å². The number of carbonyl (C=O) groups excluding carboxylic acids is 2. The molecule has 1 aromatic carbocycles. The minimum atomic E-state index is -0.293. The number of hydrogen-bond acceptors (Lipinski definition) is 5. The van der Waals surface area contributed by atoms with Gasteiger partial charge in [0.25, 0.3) is 0 Å². The van der Waals surface area contributed by atoms with Crippen LogP contribution in [0.1, 0.15) is 38.6 Å². The third-order valence-electron chi connectivity index (χ3n) is 5.25. The monoisotopic (exact) mass is 438 g/mol. The highest BCUT2D eigenvalue weighted by atomic mass is 32.1. The van der Waals surface area contributed by atoms with E-state index in [4.69, 9.17) is 0 Å². The predicted octanol–water partition coefficient (Wildman–Crippen LogP) is 4.55. The molecule has 2 aromatic heterocycles. The van der Waals surface area contributed by atoms with Gasteiger partial charge in [0.05, 0.1) is 21.3 Å². The van der Waals surface area contributed by atoms with Gasteiger partial charge in [-0.1, -0.05) is 12.1 Å². The molecule has 1 aliphatic rings. The van der Waals surface area contributed by atoms with E-state index in [9.17, 15) is 14.0 Å². The number of nitrogens with zero attached hydrogens (tertiary/aromatic N) is 4. The first kappa shape index (κ1) is 21.1. The first-order valence-electron chi connectivity index (χ1n) is 10.1. The SMILES string of the molecule is Cc1cnc(CCC(=O)c2sc(N3CCN(Cc4ccc(F)cc4)C3=O)cc2C)cn1. The molecule has 6 nitrogen and oxygen atoms in total. The molecule has 160 valence electrons. The molecule has 3 aromatic rings. The van der Waals surface area contributed by atoms with E-state index in [0.717, 1.165) is 27.5 Å². The number of thiophene rings is 1. The van der Waals surface area contributed by atoms with Crippen LogP contribution in [0, 0.1) is 19.7 Å². The minimum absolute atomic E-state index is 0.0472. The minimum Gasteiger partial charge on any atom is -0.318 e. The Balaban J connectivity index is 1.40. The highest BCUT2D eigenvalue weighted by Crippen LogP contribution is 2.33. The molecule has 1 aliphatic heterocycles. The molecule has 0 spiro atoms. The van der Waals surface area contributed by atoms with Gasteiger partial charge in [0.15, 0.2) is 5.78 Å². The van der Waals surface area contributed by atoms with Gasteiger partial charge in [-0.15, -0.1) is 11.3 Å². The maximum atomic E-state index is 13.1. The number of aryl methyl sites for hydroxylation is 3. The van der Waals surface area contributed by atoms with Crippen molar-refractivity contribution < 1.29 is 14.0 Å². The Labute approximate surface area is 184 Å². The molecule has 3 heterocycles. The molecule has 0 N–H and O–H groups in total. The summed E-state index contributed by atoms with van der Waals surface area (Å²) in [5.74, 6) is -0.246. The maximum absolute atomic E-state index is 13.1. The molecule has 31 heavy (non-hydrogen) atoms. The predicted molar refractivity (Wildman–Crippen MR) is 118 cm³/mol. The van der Waals surface area contributed by atoms with Crippen LogP contribution in [0.3, 0.4) is 0 Å². The van der Waals surface area contributed by atoms with Crippen LogP contribution in [0.4, 0.5) is 14.2 Å². The van der Waals surface area contributed by atoms with Gasteiger partial charge in [-0.05, 0) is 49.6 Å². The summed E-state index contributed by atoms with van der Waals surface area (Å²) in [6, 6.07) is 7.99. The van der Waals surface area contributed by atoms with E-state index < -0.39 is 0 Å². The number of ketones is 1. The lowest BCUT2D eigenvalue weighted by molar-refractivity contribution is 0.0986. The standard InChI is InChI=1S/C23H23FN4O2S/c1-15-11-21(31-22(15)20(29)8-7-19-13-25-16(2)12-26-19)28-10-9-27(23(28)30)14-17-3-5-18(24)6-4-17/h3-6,11-13H,7-10,14H2,1-2H3. The van der Waals surface area contributed by atoms with Crippen molar-refractivity contribution in [3.05, 3.63) is 75.9 Å². The van der Waals surface area contributed by atoms with Crippen LogP contribution in [-0.2, 0) is 13.0 Å². The van der Waals surface area contributed by atoms with Crippen molar-refractivity contribution in [1.29, 1.82) is 0 Å². The quantitative estimate of drug-likeness (QED) is 0.508.